The van der Waals surface area contributed by atoms with E-state index in [2.05, 4.69) is 0 Å². The summed E-state index contributed by atoms with van der Waals surface area (Å²) in [5.74, 6) is -3.03. The molecular formula is C25H30F2O10S. The summed E-state index contributed by atoms with van der Waals surface area (Å²) in [4.78, 5) is 37.2. The zero-order valence-corrected chi connectivity index (χ0v) is 21.6. The second-order valence-electron chi connectivity index (χ2n) is 12.7. The van der Waals surface area contributed by atoms with Crippen molar-refractivity contribution >= 4 is 28.0 Å². The molecule has 8 unspecified atom stereocenters. The van der Waals surface area contributed by atoms with Crippen LogP contribution in [0.3, 0.4) is 0 Å². The Morgan fingerprint density at radius 2 is 1.79 bits per heavy atom. The number of esters is 3. The van der Waals surface area contributed by atoms with Crippen LogP contribution >= 0.6 is 0 Å². The zero-order valence-electron chi connectivity index (χ0n) is 20.8. The van der Waals surface area contributed by atoms with Gasteiger partial charge in [-0.05, 0) is 63.2 Å². The van der Waals surface area contributed by atoms with Crippen molar-refractivity contribution in [3.63, 3.8) is 0 Å². The van der Waals surface area contributed by atoms with E-state index in [0.29, 0.717) is 38.0 Å². The molecule has 38 heavy (non-hydrogen) atoms. The summed E-state index contributed by atoms with van der Waals surface area (Å²) in [5.41, 5.74) is -2.12. The van der Waals surface area contributed by atoms with Crippen molar-refractivity contribution in [3.05, 3.63) is 0 Å². The molecule has 210 valence electrons. The van der Waals surface area contributed by atoms with Crippen molar-refractivity contribution in [2.45, 2.75) is 87.0 Å². The van der Waals surface area contributed by atoms with Gasteiger partial charge in [-0.15, -0.1) is 0 Å². The van der Waals surface area contributed by atoms with Gasteiger partial charge in [0.25, 0.3) is 0 Å². The fourth-order valence-corrected chi connectivity index (χ4v) is 10.1. The average molecular weight is 561 g/mol. The van der Waals surface area contributed by atoms with Crippen LogP contribution in [0, 0.1) is 40.9 Å². The van der Waals surface area contributed by atoms with Crippen LogP contribution in [0.5, 0.6) is 0 Å². The van der Waals surface area contributed by atoms with Crippen molar-refractivity contribution in [2.24, 2.45) is 40.9 Å². The van der Waals surface area contributed by atoms with Crippen LogP contribution < -0.4 is 0 Å². The molecule has 0 aromatic carbocycles. The maximum Gasteiger partial charge on any atom is 0.465 e. The predicted octanol–water partition coefficient (Wildman–Crippen LogP) is 2.25. The van der Waals surface area contributed by atoms with Gasteiger partial charge in [-0.2, -0.15) is 17.2 Å². The second-order valence-corrected chi connectivity index (χ2v) is 14.2. The Hall–Kier alpha value is -1.86. The molecule has 1 saturated heterocycles. The molecule has 0 amide bonds. The third kappa shape index (κ3) is 3.04. The number of carbonyl (C=O) groups excluding carboxylic acids is 3. The van der Waals surface area contributed by atoms with Crippen molar-refractivity contribution in [1.29, 1.82) is 0 Å². The molecule has 1 heterocycles. The second kappa shape index (κ2) is 7.45. The first-order valence-corrected chi connectivity index (χ1v) is 14.8. The maximum absolute atomic E-state index is 14.0. The van der Waals surface area contributed by atoms with Crippen molar-refractivity contribution in [2.75, 3.05) is 6.61 Å². The first-order chi connectivity index (χ1) is 17.8. The molecule has 8 fully saturated rings. The molecule has 0 aromatic heterocycles. The summed E-state index contributed by atoms with van der Waals surface area (Å²) < 4.78 is 81.9. The van der Waals surface area contributed by atoms with E-state index in [-0.39, 0.29) is 60.1 Å². The number of carbonyl (C=O) groups is 3. The molecule has 0 aromatic rings. The lowest BCUT2D eigenvalue weighted by Gasteiger charge is -2.63. The van der Waals surface area contributed by atoms with Gasteiger partial charge in [-0.3, -0.25) is 9.35 Å². The van der Waals surface area contributed by atoms with E-state index in [4.69, 9.17) is 23.5 Å². The van der Waals surface area contributed by atoms with Gasteiger partial charge in [0.05, 0.1) is 11.5 Å². The van der Waals surface area contributed by atoms with E-state index in [0.717, 1.165) is 12.8 Å². The first-order valence-electron chi connectivity index (χ1n) is 13.4. The molecule has 8 atom stereocenters. The third-order valence-electron chi connectivity index (χ3n) is 11.2. The highest BCUT2D eigenvalue weighted by molar-refractivity contribution is 7.87. The number of hydrogen-bond acceptors (Lipinski definition) is 9. The molecule has 7 aliphatic carbocycles. The number of rotatable bonds is 8. The van der Waals surface area contributed by atoms with Crippen molar-refractivity contribution in [3.8, 4) is 0 Å². The van der Waals surface area contributed by atoms with E-state index >= 15 is 0 Å². The van der Waals surface area contributed by atoms with E-state index in [1.807, 2.05) is 0 Å². The third-order valence-corrected chi connectivity index (χ3v) is 12.0. The molecule has 10 nitrogen and oxygen atoms in total. The lowest BCUT2D eigenvalue weighted by atomic mass is 9.47. The summed E-state index contributed by atoms with van der Waals surface area (Å²) in [6.07, 6.45) is 3.77. The standard InChI is InChI=1S/C25H30F2O10S/c1-2-24(37-21(30)25(26,27)38(31,32)33)13-3-11-4-14(24)8-22(6-11,7-13)34-10-16(28)35-19-18-17-15(20(29)36-18)5-12-9-23(12,17)19/h11-15,17-19H,2-10H2,1H3,(H,31,32,33). The largest absolute Gasteiger partial charge is 0.465 e. The Labute approximate surface area is 217 Å². The molecule has 4 bridgehead atoms. The van der Waals surface area contributed by atoms with Crippen molar-refractivity contribution < 1.29 is 55.1 Å². The molecule has 13 heteroatoms. The van der Waals surface area contributed by atoms with E-state index in [1.54, 1.807) is 6.92 Å². The Bertz CT molecular complexity index is 1220. The van der Waals surface area contributed by atoms with Gasteiger partial charge in [0.15, 0.2) is 0 Å². The highest BCUT2D eigenvalue weighted by Gasteiger charge is 2.86. The monoisotopic (exact) mass is 560 g/mol. The highest BCUT2D eigenvalue weighted by atomic mass is 32.2. The van der Waals surface area contributed by atoms with Crippen molar-refractivity contribution in [1.82, 2.24) is 0 Å². The number of halogens is 2. The Kier molecular flexibility index (Phi) is 4.93. The van der Waals surface area contributed by atoms with Crippen LogP contribution in [0.2, 0.25) is 0 Å². The van der Waals surface area contributed by atoms with E-state index < -0.39 is 44.6 Å². The Morgan fingerprint density at radius 3 is 2.42 bits per heavy atom. The summed E-state index contributed by atoms with van der Waals surface area (Å²) in [6, 6.07) is 0. The van der Waals surface area contributed by atoms with E-state index in [1.165, 1.54) is 0 Å². The smallest absolute Gasteiger partial charge is 0.458 e. The molecule has 8 aliphatic rings. The normalized spacial score (nSPS) is 49.1. The van der Waals surface area contributed by atoms with E-state index in [9.17, 15) is 31.6 Å². The van der Waals surface area contributed by atoms with Crippen LogP contribution in [0.25, 0.3) is 0 Å². The molecule has 1 aliphatic heterocycles. The average Bonchev–Trinajstić information content (AvgIpc) is 3.39. The van der Waals surface area contributed by atoms with Crippen LogP contribution in [-0.4, -0.2) is 66.1 Å². The Morgan fingerprint density at radius 1 is 1.11 bits per heavy atom. The molecule has 7 saturated carbocycles. The van der Waals surface area contributed by atoms with Gasteiger partial charge in [0.2, 0.25) is 0 Å². The lowest BCUT2D eigenvalue weighted by molar-refractivity contribution is -0.261. The summed E-state index contributed by atoms with van der Waals surface area (Å²) >= 11 is 0. The van der Waals surface area contributed by atoms with Gasteiger partial charge in [0, 0.05) is 23.2 Å². The van der Waals surface area contributed by atoms with Crippen LogP contribution in [0.4, 0.5) is 8.78 Å². The molecule has 1 spiro atoms. The minimum atomic E-state index is -5.98. The van der Waals surface area contributed by atoms with Crippen LogP contribution in [0.15, 0.2) is 0 Å². The SMILES string of the molecule is CCC1(OC(=O)C(F)(F)S(=O)(=O)O)C2CC3CC1CC(OCC(=O)OC1C4OC(=O)C5CC6CC61C54)(C3)C2. The summed E-state index contributed by atoms with van der Waals surface area (Å²) in [5, 5.41) is -5.06. The van der Waals surface area contributed by atoms with Crippen LogP contribution in [-0.2, 0) is 43.4 Å². The fourth-order valence-electron chi connectivity index (χ4n) is 9.84. The molecular weight excluding hydrogens is 530 g/mol. The number of ether oxygens (including phenoxy) is 4. The highest BCUT2D eigenvalue weighted by Crippen LogP contribution is 2.80. The molecule has 1 N–H and O–H groups in total. The van der Waals surface area contributed by atoms with Crippen LogP contribution in [0.1, 0.15) is 58.3 Å². The Balaban J connectivity index is 1.02. The fraction of sp³-hybridized carbons (Fsp3) is 0.880. The predicted molar refractivity (Wildman–Crippen MR) is 120 cm³/mol. The minimum absolute atomic E-state index is 0.0673. The van der Waals surface area contributed by atoms with Gasteiger partial charge >= 0.3 is 33.3 Å². The number of alkyl halides is 2. The molecule has 8 rings (SSSR count). The first kappa shape index (κ1) is 25.1. The van der Waals surface area contributed by atoms with Gasteiger partial charge in [-0.25, -0.2) is 9.59 Å². The summed E-state index contributed by atoms with van der Waals surface area (Å²) in [6.45, 7) is 1.41. The zero-order chi connectivity index (χ0) is 27.0. The van der Waals surface area contributed by atoms with Gasteiger partial charge in [-0.1, -0.05) is 6.92 Å². The quantitative estimate of drug-likeness (QED) is 0.267. The minimum Gasteiger partial charge on any atom is -0.458 e. The maximum atomic E-state index is 14.0. The van der Waals surface area contributed by atoms with Gasteiger partial charge < -0.3 is 18.9 Å². The lowest BCUT2D eigenvalue weighted by Crippen LogP contribution is -2.66. The topological polar surface area (TPSA) is 142 Å². The number of hydrogen-bond donors (Lipinski definition) is 1. The molecule has 0 radical (unpaired) electrons. The van der Waals surface area contributed by atoms with Gasteiger partial charge in [0.1, 0.15) is 24.4 Å². The summed E-state index contributed by atoms with van der Waals surface area (Å²) in [7, 11) is -5.98.